The lowest BCUT2D eigenvalue weighted by molar-refractivity contribution is -0.130. The summed E-state index contributed by atoms with van der Waals surface area (Å²) >= 11 is 0. The minimum absolute atomic E-state index is 0.0492. The number of H-pyrrole nitrogens is 1. The number of aromatic amines is 1. The molecule has 31 heavy (non-hydrogen) atoms. The van der Waals surface area contributed by atoms with Crippen molar-refractivity contribution in [1.29, 1.82) is 0 Å². The molecule has 0 radical (unpaired) electrons. The molecule has 1 saturated heterocycles. The van der Waals surface area contributed by atoms with Gasteiger partial charge >= 0.3 is 0 Å². The van der Waals surface area contributed by atoms with Crippen LogP contribution < -0.4 is 5.32 Å². The number of benzene rings is 1. The zero-order valence-electron chi connectivity index (χ0n) is 17.9. The number of nitrogens with zero attached hydrogens (tertiary/aromatic N) is 4. The van der Waals surface area contributed by atoms with E-state index in [9.17, 15) is 4.79 Å². The molecule has 2 aromatic heterocycles. The second-order valence-corrected chi connectivity index (χ2v) is 8.63. The number of rotatable bonds is 5. The van der Waals surface area contributed by atoms with E-state index in [0.29, 0.717) is 0 Å². The normalized spacial score (nSPS) is 17.0. The fourth-order valence-corrected chi connectivity index (χ4v) is 4.98. The van der Waals surface area contributed by atoms with Crippen LogP contribution in [0.1, 0.15) is 43.1 Å². The summed E-state index contributed by atoms with van der Waals surface area (Å²) < 4.78 is 0. The van der Waals surface area contributed by atoms with Crippen LogP contribution in [0.15, 0.2) is 42.9 Å². The van der Waals surface area contributed by atoms with Gasteiger partial charge in [0, 0.05) is 61.4 Å². The monoisotopic (exact) mass is 416 g/mol. The number of likely N-dealkylation sites (tertiary alicyclic amines) is 1. The zero-order valence-corrected chi connectivity index (χ0v) is 17.9. The van der Waals surface area contributed by atoms with E-state index in [1.807, 2.05) is 29.3 Å². The summed E-state index contributed by atoms with van der Waals surface area (Å²) in [5.74, 6) is 1.90. The lowest BCUT2D eigenvalue weighted by atomic mass is 9.76. The van der Waals surface area contributed by atoms with E-state index >= 15 is 0 Å². The van der Waals surface area contributed by atoms with Gasteiger partial charge in [-0.3, -0.25) is 4.79 Å². The predicted molar refractivity (Wildman–Crippen MR) is 120 cm³/mol. The summed E-state index contributed by atoms with van der Waals surface area (Å²) in [7, 11) is 0. The van der Waals surface area contributed by atoms with Gasteiger partial charge in [0.1, 0.15) is 5.82 Å². The Morgan fingerprint density at radius 3 is 2.68 bits per heavy atom. The fraction of sp³-hybridized carbons (Fsp3) is 0.417. The van der Waals surface area contributed by atoms with Crippen LogP contribution >= 0.6 is 0 Å². The summed E-state index contributed by atoms with van der Waals surface area (Å²) in [6.07, 6.45) is 8.43. The number of piperidine rings is 1. The number of imidazole rings is 1. The predicted octanol–water partition coefficient (Wildman–Crippen LogP) is 3.35. The largest absolute Gasteiger partial charge is 0.369 e. The Kier molecular flexibility index (Phi) is 5.18. The third kappa shape index (κ3) is 3.80. The molecule has 7 heteroatoms. The van der Waals surface area contributed by atoms with E-state index in [1.165, 1.54) is 11.3 Å². The molecule has 1 aliphatic carbocycles. The Morgan fingerprint density at radius 1 is 1.16 bits per heavy atom. The molecule has 2 N–H and O–H groups in total. The van der Waals surface area contributed by atoms with Gasteiger partial charge in [-0.2, -0.15) is 0 Å². The molecule has 0 bridgehead atoms. The SMILES string of the molecule is CC(=O)N1CCC2(CCc3c(NCCc4cnc[nH]4)nc(-c4ccccc4)nc32)CC1. The molecule has 5 rings (SSSR count). The second-order valence-electron chi connectivity index (χ2n) is 8.63. The fourth-order valence-electron chi connectivity index (χ4n) is 4.98. The van der Waals surface area contributed by atoms with Crippen molar-refractivity contribution in [2.24, 2.45) is 0 Å². The molecular weight excluding hydrogens is 388 g/mol. The first-order valence-corrected chi connectivity index (χ1v) is 11.1. The van der Waals surface area contributed by atoms with Crippen molar-refractivity contribution in [2.75, 3.05) is 25.0 Å². The van der Waals surface area contributed by atoms with Gasteiger partial charge in [0.25, 0.3) is 0 Å². The molecule has 0 atom stereocenters. The number of fused-ring (bicyclic) bond motifs is 2. The average Bonchev–Trinajstić information content (AvgIpc) is 3.44. The summed E-state index contributed by atoms with van der Waals surface area (Å²) in [4.78, 5) is 31.1. The Bertz CT molecular complexity index is 1060. The van der Waals surface area contributed by atoms with Crippen LogP contribution in [0.4, 0.5) is 5.82 Å². The maximum atomic E-state index is 11.8. The highest BCUT2D eigenvalue weighted by atomic mass is 16.2. The van der Waals surface area contributed by atoms with Crippen LogP contribution in [0.3, 0.4) is 0 Å². The van der Waals surface area contributed by atoms with E-state index in [0.717, 1.165) is 74.6 Å². The quantitative estimate of drug-likeness (QED) is 0.666. The van der Waals surface area contributed by atoms with Crippen molar-refractivity contribution < 1.29 is 4.79 Å². The topological polar surface area (TPSA) is 86.8 Å². The molecule has 1 spiro atoms. The molecule has 2 aliphatic rings. The Morgan fingerprint density at radius 2 is 1.97 bits per heavy atom. The van der Waals surface area contributed by atoms with E-state index < -0.39 is 0 Å². The highest BCUT2D eigenvalue weighted by Crippen LogP contribution is 2.47. The summed E-state index contributed by atoms with van der Waals surface area (Å²) in [5, 5.41) is 3.58. The number of anilines is 1. The molecule has 7 nitrogen and oxygen atoms in total. The second kappa shape index (κ2) is 8.13. The Labute approximate surface area is 182 Å². The number of amides is 1. The Balaban J connectivity index is 1.47. The zero-order chi connectivity index (χ0) is 21.3. The van der Waals surface area contributed by atoms with Crippen molar-refractivity contribution in [2.45, 2.75) is 44.4 Å². The van der Waals surface area contributed by atoms with Gasteiger partial charge in [-0.1, -0.05) is 30.3 Å². The summed E-state index contributed by atoms with van der Waals surface area (Å²) in [5.41, 5.74) is 4.63. The molecule has 1 aromatic carbocycles. The van der Waals surface area contributed by atoms with Crippen LogP contribution in [0.2, 0.25) is 0 Å². The molecule has 0 saturated carbocycles. The maximum absolute atomic E-state index is 11.8. The van der Waals surface area contributed by atoms with Crippen molar-refractivity contribution in [1.82, 2.24) is 24.8 Å². The van der Waals surface area contributed by atoms with E-state index in [1.54, 1.807) is 13.3 Å². The first kappa shape index (κ1) is 19.7. The van der Waals surface area contributed by atoms with Crippen LogP contribution in [0.5, 0.6) is 0 Å². The molecule has 1 amide bonds. The molecule has 1 fully saturated rings. The molecule has 3 heterocycles. The van der Waals surface area contributed by atoms with Crippen molar-refractivity contribution in [3.8, 4) is 11.4 Å². The highest BCUT2D eigenvalue weighted by molar-refractivity contribution is 5.73. The van der Waals surface area contributed by atoms with Gasteiger partial charge in [0.05, 0.1) is 12.0 Å². The summed E-state index contributed by atoms with van der Waals surface area (Å²) in [6.45, 7) is 4.06. The minimum Gasteiger partial charge on any atom is -0.369 e. The van der Waals surface area contributed by atoms with Crippen LogP contribution in [0.25, 0.3) is 11.4 Å². The van der Waals surface area contributed by atoms with Crippen molar-refractivity contribution in [3.05, 3.63) is 59.8 Å². The standard InChI is InChI=1S/C24H28N6O/c1-17(31)30-13-10-24(11-14-30)9-7-20-21(24)28-22(18-5-3-2-4-6-18)29-23(20)26-12-8-19-15-25-16-27-19/h2-6,15-16H,7-14H2,1H3,(H,25,27)(H,26,28,29). The average molecular weight is 417 g/mol. The van der Waals surface area contributed by atoms with Gasteiger partial charge in [0.15, 0.2) is 5.82 Å². The lowest BCUT2D eigenvalue weighted by Gasteiger charge is -2.39. The minimum atomic E-state index is 0.0492. The van der Waals surface area contributed by atoms with Gasteiger partial charge in [-0.25, -0.2) is 15.0 Å². The van der Waals surface area contributed by atoms with Gasteiger partial charge in [0.2, 0.25) is 5.91 Å². The molecular formula is C24H28N6O. The third-order valence-corrected chi connectivity index (χ3v) is 6.80. The number of nitrogens with one attached hydrogen (secondary N) is 2. The first-order valence-electron chi connectivity index (χ1n) is 11.1. The molecule has 160 valence electrons. The first-order chi connectivity index (χ1) is 15.1. The van der Waals surface area contributed by atoms with Gasteiger partial charge < -0.3 is 15.2 Å². The van der Waals surface area contributed by atoms with Crippen LogP contribution in [-0.4, -0.2) is 50.4 Å². The molecule has 0 unspecified atom stereocenters. The number of aromatic nitrogens is 4. The van der Waals surface area contributed by atoms with Crippen molar-refractivity contribution in [3.63, 3.8) is 0 Å². The highest BCUT2D eigenvalue weighted by Gasteiger charge is 2.44. The molecule has 1 aliphatic heterocycles. The van der Waals surface area contributed by atoms with Gasteiger partial charge in [-0.15, -0.1) is 0 Å². The smallest absolute Gasteiger partial charge is 0.219 e. The van der Waals surface area contributed by atoms with Crippen LogP contribution in [-0.2, 0) is 23.1 Å². The van der Waals surface area contributed by atoms with E-state index in [-0.39, 0.29) is 11.3 Å². The maximum Gasteiger partial charge on any atom is 0.219 e. The lowest BCUT2D eigenvalue weighted by Crippen LogP contribution is -2.43. The van der Waals surface area contributed by atoms with Crippen molar-refractivity contribution >= 4 is 11.7 Å². The third-order valence-electron chi connectivity index (χ3n) is 6.80. The van der Waals surface area contributed by atoms with Crippen LogP contribution in [0, 0.1) is 0 Å². The van der Waals surface area contributed by atoms with E-state index in [4.69, 9.17) is 9.97 Å². The number of carbonyl (C=O) groups is 1. The summed E-state index contributed by atoms with van der Waals surface area (Å²) in [6, 6.07) is 10.2. The van der Waals surface area contributed by atoms with E-state index in [2.05, 4.69) is 27.4 Å². The number of hydrogen-bond acceptors (Lipinski definition) is 5. The molecule has 3 aromatic rings. The number of carbonyl (C=O) groups excluding carboxylic acids is 1. The number of hydrogen-bond donors (Lipinski definition) is 2. The van der Waals surface area contributed by atoms with Gasteiger partial charge in [-0.05, 0) is 25.7 Å². The Hall–Kier alpha value is -3.22.